The number of piperazine rings is 1. The smallest absolute Gasteiger partial charge is 0.275 e. The second kappa shape index (κ2) is 7.26. The van der Waals surface area contributed by atoms with Gasteiger partial charge in [0.05, 0.1) is 11.9 Å². The highest BCUT2D eigenvalue weighted by Gasteiger charge is 2.17. The Labute approximate surface area is 134 Å². The van der Waals surface area contributed by atoms with Gasteiger partial charge in [0, 0.05) is 39.3 Å². The van der Waals surface area contributed by atoms with Gasteiger partial charge in [0.1, 0.15) is 0 Å². The fourth-order valence-electron chi connectivity index (χ4n) is 2.59. The van der Waals surface area contributed by atoms with Gasteiger partial charge in [-0.15, -0.1) is 0 Å². The minimum absolute atomic E-state index is 0.0502. The molecule has 3 rings (SSSR count). The Kier molecular flexibility index (Phi) is 4.89. The number of para-hydroxylation sites is 1. The standard InChI is InChI=1S/C16H21N5O2/c22-14-12-21(13-4-2-1-3-5-13)19-15(14)16(23)18-8-11-20-9-6-17-7-10-20/h1-5,12,17,22H,6-11H2,(H,18,23). The van der Waals surface area contributed by atoms with E-state index in [1.165, 1.54) is 10.9 Å². The van der Waals surface area contributed by atoms with Gasteiger partial charge in [-0.3, -0.25) is 9.69 Å². The van der Waals surface area contributed by atoms with Crippen molar-refractivity contribution in [3.05, 3.63) is 42.2 Å². The number of nitrogens with zero attached hydrogens (tertiary/aromatic N) is 3. The van der Waals surface area contributed by atoms with Gasteiger partial charge >= 0.3 is 0 Å². The molecule has 3 N–H and O–H groups in total. The summed E-state index contributed by atoms with van der Waals surface area (Å²) in [7, 11) is 0. The normalized spacial score (nSPS) is 15.5. The molecule has 0 radical (unpaired) electrons. The molecule has 0 saturated carbocycles. The summed E-state index contributed by atoms with van der Waals surface area (Å²) >= 11 is 0. The molecular formula is C16H21N5O2. The third-order valence-electron chi connectivity index (χ3n) is 3.85. The lowest BCUT2D eigenvalue weighted by atomic mass is 10.3. The fourth-order valence-corrected chi connectivity index (χ4v) is 2.59. The molecular weight excluding hydrogens is 294 g/mol. The summed E-state index contributed by atoms with van der Waals surface area (Å²) in [5.74, 6) is -0.471. The average Bonchev–Trinajstić information content (AvgIpc) is 2.98. The van der Waals surface area contributed by atoms with Crippen molar-refractivity contribution in [3.8, 4) is 11.4 Å². The number of rotatable bonds is 5. The number of nitrogens with one attached hydrogen (secondary N) is 2. The molecule has 7 nitrogen and oxygen atoms in total. The lowest BCUT2D eigenvalue weighted by Crippen LogP contribution is -2.46. The quantitative estimate of drug-likeness (QED) is 0.735. The summed E-state index contributed by atoms with van der Waals surface area (Å²) in [6.07, 6.45) is 1.44. The number of amides is 1. The number of benzene rings is 1. The Morgan fingerprint density at radius 1 is 1.26 bits per heavy atom. The van der Waals surface area contributed by atoms with Crippen LogP contribution >= 0.6 is 0 Å². The van der Waals surface area contributed by atoms with Gasteiger partial charge in [0.25, 0.3) is 5.91 Å². The van der Waals surface area contributed by atoms with Crippen LogP contribution in [0.15, 0.2) is 36.5 Å². The Morgan fingerprint density at radius 3 is 2.74 bits per heavy atom. The van der Waals surface area contributed by atoms with E-state index < -0.39 is 0 Å². The molecule has 0 aliphatic carbocycles. The van der Waals surface area contributed by atoms with Crippen molar-refractivity contribution in [2.75, 3.05) is 39.3 Å². The van der Waals surface area contributed by atoms with Crippen LogP contribution < -0.4 is 10.6 Å². The molecule has 1 aromatic carbocycles. The maximum absolute atomic E-state index is 12.2. The molecule has 122 valence electrons. The van der Waals surface area contributed by atoms with Crippen molar-refractivity contribution < 1.29 is 9.90 Å². The van der Waals surface area contributed by atoms with E-state index in [1.54, 1.807) is 0 Å². The van der Waals surface area contributed by atoms with Gasteiger partial charge in [-0.1, -0.05) is 18.2 Å². The number of hydrogen-bond donors (Lipinski definition) is 3. The van der Waals surface area contributed by atoms with Crippen molar-refractivity contribution in [2.45, 2.75) is 0 Å². The molecule has 1 aliphatic heterocycles. The number of aromatic hydroxyl groups is 1. The van der Waals surface area contributed by atoms with E-state index in [0.717, 1.165) is 38.4 Å². The zero-order chi connectivity index (χ0) is 16.1. The lowest BCUT2D eigenvalue weighted by Gasteiger charge is -2.26. The summed E-state index contributed by atoms with van der Waals surface area (Å²) in [6, 6.07) is 9.37. The summed E-state index contributed by atoms with van der Waals surface area (Å²) in [6.45, 7) is 5.28. The predicted molar refractivity (Wildman–Crippen MR) is 86.9 cm³/mol. The van der Waals surface area contributed by atoms with Gasteiger partial charge in [-0.25, -0.2) is 4.68 Å². The monoisotopic (exact) mass is 315 g/mol. The minimum atomic E-state index is -0.354. The molecule has 1 aromatic heterocycles. The minimum Gasteiger partial charge on any atom is -0.504 e. The maximum atomic E-state index is 12.2. The van der Waals surface area contributed by atoms with Crippen molar-refractivity contribution in [3.63, 3.8) is 0 Å². The van der Waals surface area contributed by atoms with Gasteiger partial charge in [-0.2, -0.15) is 5.10 Å². The molecule has 23 heavy (non-hydrogen) atoms. The SMILES string of the molecule is O=C(NCCN1CCNCC1)c1nn(-c2ccccc2)cc1O. The molecule has 1 amide bonds. The van der Waals surface area contributed by atoms with Crippen LogP contribution in [-0.2, 0) is 0 Å². The van der Waals surface area contributed by atoms with Crippen LogP contribution in [0.3, 0.4) is 0 Å². The third-order valence-corrected chi connectivity index (χ3v) is 3.85. The molecule has 1 fully saturated rings. The Bertz CT molecular complexity index is 650. The zero-order valence-corrected chi connectivity index (χ0v) is 12.9. The van der Waals surface area contributed by atoms with Crippen molar-refractivity contribution in [2.24, 2.45) is 0 Å². The van der Waals surface area contributed by atoms with E-state index in [4.69, 9.17) is 0 Å². The molecule has 0 atom stereocenters. The van der Waals surface area contributed by atoms with E-state index >= 15 is 0 Å². The summed E-state index contributed by atoms with van der Waals surface area (Å²) < 4.78 is 1.50. The van der Waals surface area contributed by atoms with E-state index in [2.05, 4.69) is 20.6 Å². The lowest BCUT2D eigenvalue weighted by molar-refractivity contribution is 0.0939. The van der Waals surface area contributed by atoms with Crippen molar-refractivity contribution in [1.29, 1.82) is 0 Å². The topological polar surface area (TPSA) is 82.4 Å². The van der Waals surface area contributed by atoms with Crippen LogP contribution in [0, 0.1) is 0 Å². The van der Waals surface area contributed by atoms with Crippen LogP contribution in [0.25, 0.3) is 5.69 Å². The van der Waals surface area contributed by atoms with Gasteiger partial charge in [0.2, 0.25) is 0 Å². The van der Waals surface area contributed by atoms with E-state index in [-0.39, 0.29) is 17.4 Å². The first-order chi connectivity index (χ1) is 11.2. The second-order valence-corrected chi connectivity index (χ2v) is 5.49. The largest absolute Gasteiger partial charge is 0.504 e. The number of carbonyl (C=O) groups is 1. The molecule has 0 spiro atoms. The summed E-state index contributed by atoms with van der Waals surface area (Å²) in [5, 5.41) is 20.2. The van der Waals surface area contributed by atoms with Gasteiger partial charge in [0.15, 0.2) is 11.4 Å². The van der Waals surface area contributed by atoms with Crippen LogP contribution in [0.1, 0.15) is 10.5 Å². The highest BCUT2D eigenvalue weighted by atomic mass is 16.3. The van der Waals surface area contributed by atoms with Crippen LogP contribution in [-0.4, -0.2) is 65.0 Å². The fraction of sp³-hybridized carbons (Fsp3) is 0.375. The molecule has 2 aromatic rings. The first-order valence-electron chi connectivity index (χ1n) is 7.79. The Morgan fingerprint density at radius 2 is 2.00 bits per heavy atom. The van der Waals surface area contributed by atoms with Crippen molar-refractivity contribution >= 4 is 5.91 Å². The summed E-state index contributed by atoms with van der Waals surface area (Å²) in [5.41, 5.74) is 0.844. The van der Waals surface area contributed by atoms with E-state index in [9.17, 15) is 9.90 Å². The van der Waals surface area contributed by atoms with E-state index in [1.807, 2.05) is 30.3 Å². The molecule has 7 heteroatoms. The van der Waals surface area contributed by atoms with Crippen LogP contribution in [0.2, 0.25) is 0 Å². The highest BCUT2D eigenvalue weighted by Crippen LogP contribution is 2.17. The van der Waals surface area contributed by atoms with Crippen LogP contribution in [0.4, 0.5) is 0 Å². The Hall–Kier alpha value is -2.38. The molecule has 0 unspecified atom stereocenters. The maximum Gasteiger partial charge on any atom is 0.275 e. The molecule has 0 bridgehead atoms. The predicted octanol–water partition coefficient (Wildman–Crippen LogP) is 0.213. The highest BCUT2D eigenvalue weighted by molar-refractivity contribution is 5.94. The Balaban J connectivity index is 1.58. The van der Waals surface area contributed by atoms with E-state index in [0.29, 0.717) is 6.54 Å². The molecule has 1 aliphatic rings. The first-order valence-corrected chi connectivity index (χ1v) is 7.79. The molecule has 1 saturated heterocycles. The van der Waals surface area contributed by atoms with Crippen molar-refractivity contribution in [1.82, 2.24) is 25.3 Å². The summed E-state index contributed by atoms with van der Waals surface area (Å²) in [4.78, 5) is 14.5. The number of carbonyl (C=O) groups excluding carboxylic acids is 1. The van der Waals surface area contributed by atoms with Gasteiger partial charge in [-0.05, 0) is 12.1 Å². The van der Waals surface area contributed by atoms with Crippen LogP contribution in [0.5, 0.6) is 5.75 Å². The number of hydrogen-bond acceptors (Lipinski definition) is 5. The average molecular weight is 315 g/mol. The second-order valence-electron chi connectivity index (χ2n) is 5.49. The van der Waals surface area contributed by atoms with Gasteiger partial charge < -0.3 is 15.7 Å². The zero-order valence-electron chi connectivity index (χ0n) is 12.9. The first kappa shape index (κ1) is 15.5. The number of aromatic nitrogens is 2. The molecule has 2 heterocycles. The third kappa shape index (κ3) is 3.88.